The molecule has 3 aromatic carbocycles. The van der Waals surface area contributed by atoms with Crippen LogP contribution in [0.1, 0.15) is 5.56 Å². The van der Waals surface area contributed by atoms with Crippen molar-refractivity contribution in [1.82, 2.24) is 0 Å². The van der Waals surface area contributed by atoms with Gasteiger partial charge in [-0.1, -0.05) is 36.4 Å². The Kier molecular flexibility index (Phi) is 6.17. The Morgan fingerprint density at radius 1 is 0.562 bits per heavy atom. The molecule has 0 aliphatic heterocycles. The van der Waals surface area contributed by atoms with Crippen molar-refractivity contribution in [3.63, 3.8) is 0 Å². The third-order valence-corrected chi connectivity index (χ3v) is 7.25. The monoisotopic (exact) mass is 456 g/mol. The minimum Gasteiger partial charge on any atom is -0.258 e. The van der Waals surface area contributed by atoms with Gasteiger partial charge < -0.3 is 0 Å². The van der Waals surface area contributed by atoms with Gasteiger partial charge in [0.2, 0.25) is 0 Å². The summed E-state index contributed by atoms with van der Waals surface area (Å²) in [5, 5.41) is 46.8. The molecule has 0 aromatic heterocycles. The van der Waals surface area contributed by atoms with E-state index < -0.39 is 50.4 Å². The zero-order valence-corrected chi connectivity index (χ0v) is 17.2. The van der Waals surface area contributed by atoms with E-state index in [1.165, 1.54) is 24.3 Å². The summed E-state index contributed by atoms with van der Waals surface area (Å²) < 4.78 is 0. The number of nitrogens with zero attached hydrogens (tertiary/aromatic N) is 4. The van der Waals surface area contributed by atoms with Gasteiger partial charge in [0.15, 0.2) is 0 Å². The number of aryl methyl sites for hydroxylation is 1. The van der Waals surface area contributed by atoms with Crippen LogP contribution in [0.3, 0.4) is 0 Å². The molecular weight excluding hydrogens is 443 g/mol. The van der Waals surface area contributed by atoms with Crippen molar-refractivity contribution in [1.29, 1.82) is 0 Å². The van der Waals surface area contributed by atoms with Crippen LogP contribution in [-0.2, 0) is 0 Å². The van der Waals surface area contributed by atoms with E-state index in [2.05, 4.69) is 0 Å². The highest BCUT2D eigenvalue weighted by molar-refractivity contribution is 7.80. The molecule has 3 aromatic rings. The maximum Gasteiger partial charge on any atom is 0.354 e. The summed E-state index contributed by atoms with van der Waals surface area (Å²) in [5.74, 6) is 0. The first-order valence-electron chi connectivity index (χ1n) is 8.84. The van der Waals surface area contributed by atoms with Gasteiger partial charge in [0.1, 0.15) is 0 Å². The second-order valence-electron chi connectivity index (χ2n) is 6.44. The summed E-state index contributed by atoms with van der Waals surface area (Å²) >= 11 is 0. The Morgan fingerprint density at radius 2 is 0.969 bits per heavy atom. The van der Waals surface area contributed by atoms with Crippen molar-refractivity contribution in [2.45, 2.75) is 6.92 Å². The van der Waals surface area contributed by atoms with E-state index >= 15 is 0 Å². The number of nitro benzene ring substituents is 4. The fraction of sp³-hybridized carbons (Fsp3) is 0.0526. The van der Waals surface area contributed by atoms with Gasteiger partial charge in [-0.2, -0.15) is 0 Å². The number of rotatable bonds is 7. The Bertz CT molecular complexity index is 1200. The molecule has 13 heteroatoms. The summed E-state index contributed by atoms with van der Waals surface area (Å²) in [4.78, 5) is 43.0. The SMILES string of the molecule is Cc1ccccc1P(c1cccc([N+](=O)[O-])c1[N+](=O)[O-])c1cccc([N+](=O)[O-])c1[N+](=O)[O-]. The van der Waals surface area contributed by atoms with Crippen molar-refractivity contribution in [2.75, 3.05) is 0 Å². The second-order valence-corrected chi connectivity index (χ2v) is 8.56. The van der Waals surface area contributed by atoms with Crippen LogP contribution in [0.2, 0.25) is 0 Å². The molecule has 0 bridgehead atoms. The topological polar surface area (TPSA) is 173 Å². The minimum absolute atomic E-state index is 0.128. The number of hydrogen-bond donors (Lipinski definition) is 0. The molecule has 0 radical (unpaired) electrons. The van der Waals surface area contributed by atoms with E-state index in [0.717, 1.165) is 12.1 Å². The summed E-state index contributed by atoms with van der Waals surface area (Å²) in [7, 11) is -2.15. The van der Waals surface area contributed by atoms with Gasteiger partial charge in [-0.3, -0.25) is 40.5 Å². The van der Waals surface area contributed by atoms with Crippen LogP contribution in [-0.4, -0.2) is 19.7 Å². The van der Waals surface area contributed by atoms with E-state index in [4.69, 9.17) is 0 Å². The van der Waals surface area contributed by atoms with E-state index in [1.54, 1.807) is 31.2 Å². The van der Waals surface area contributed by atoms with Gasteiger partial charge in [0.05, 0.1) is 30.3 Å². The molecule has 12 nitrogen and oxygen atoms in total. The van der Waals surface area contributed by atoms with Crippen molar-refractivity contribution in [3.05, 3.63) is 107 Å². The lowest BCUT2D eigenvalue weighted by Gasteiger charge is -2.20. The Balaban J connectivity index is 2.50. The molecule has 0 heterocycles. The van der Waals surface area contributed by atoms with E-state index in [-0.39, 0.29) is 10.6 Å². The molecule has 0 unspecified atom stereocenters. The highest BCUT2D eigenvalue weighted by Crippen LogP contribution is 2.44. The van der Waals surface area contributed by atoms with Crippen molar-refractivity contribution in [3.8, 4) is 0 Å². The zero-order valence-electron chi connectivity index (χ0n) is 16.3. The molecule has 0 atom stereocenters. The van der Waals surface area contributed by atoms with Crippen LogP contribution in [0.15, 0.2) is 60.7 Å². The highest BCUT2D eigenvalue weighted by Gasteiger charge is 2.39. The first-order chi connectivity index (χ1) is 15.1. The van der Waals surface area contributed by atoms with Gasteiger partial charge in [0, 0.05) is 20.1 Å². The lowest BCUT2D eigenvalue weighted by atomic mass is 10.2. The van der Waals surface area contributed by atoms with Gasteiger partial charge in [0.25, 0.3) is 0 Å². The molecule has 0 aliphatic carbocycles. The maximum atomic E-state index is 11.9. The summed E-state index contributed by atoms with van der Waals surface area (Å²) in [5.41, 5.74) is -2.57. The molecule has 162 valence electrons. The molecule has 0 saturated carbocycles. The molecule has 0 saturated heterocycles. The standard InChI is InChI=1S/C19H13N4O8P/c1-12-6-2-3-9-15(12)32(16-10-4-7-13(20(24)25)18(16)22(28)29)17-11-5-8-14(21(26)27)19(17)23(30)31/h2-11H,1H3. The van der Waals surface area contributed by atoms with Gasteiger partial charge in [-0.25, -0.2) is 0 Å². The Morgan fingerprint density at radius 3 is 1.34 bits per heavy atom. The predicted octanol–water partition coefficient (Wildman–Crippen LogP) is 3.39. The number of benzene rings is 3. The van der Waals surface area contributed by atoms with Crippen molar-refractivity contribution < 1.29 is 19.7 Å². The Labute approximate surface area is 180 Å². The van der Waals surface area contributed by atoms with E-state index in [0.29, 0.717) is 10.9 Å². The molecule has 32 heavy (non-hydrogen) atoms. The molecule has 3 rings (SSSR count). The molecule has 0 aliphatic rings. The number of para-hydroxylation sites is 2. The van der Waals surface area contributed by atoms with Crippen LogP contribution in [0.25, 0.3) is 0 Å². The molecular formula is C19H13N4O8P. The van der Waals surface area contributed by atoms with Gasteiger partial charge in [-0.15, -0.1) is 0 Å². The fourth-order valence-electron chi connectivity index (χ4n) is 3.27. The van der Waals surface area contributed by atoms with Gasteiger partial charge >= 0.3 is 22.7 Å². The second kappa shape index (κ2) is 8.82. The first-order valence-corrected chi connectivity index (χ1v) is 10.2. The largest absolute Gasteiger partial charge is 0.354 e. The van der Waals surface area contributed by atoms with E-state index in [1.807, 2.05) is 0 Å². The van der Waals surface area contributed by atoms with Crippen LogP contribution >= 0.6 is 7.92 Å². The first kappa shape index (κ1) is 22.4. The van der Waals surface area contributed by atoms with Crippen LogP contribution in [0.5, 0.6) is 0 Å². The lowest BCUT2D eigenvalue weighted by molar-refractivity contribution is -0.421. The lowest BCUT2D eigenvalue weighted by Crippen LogP contribution is -2.26. The summed E-state index contributed by atoms with van der Waals surface area (Å²) in [6, 6.07) is 13.6. The molecule has 0 spiro atoms. The normalized spacial score (nSPS) is 10.7. The number of hydrogen-bond acceptors (Lipinski definition) is 8. The molecule has 0 fully saturated rings. The summed E-state index contributed by atoms with van der Waals surface area (Å²) in [6.07, 6.45) is 0. The van der Waals surface area contributed by atoms with Crippen molar-refractivity contribution in [2.24, 2.45) is 0 Å². The summed E-state index contributed by atoms with van der Waals surface area (Å²) in [6.45, 7) is 1.68. The number of nitro groups is 4. The van der Waals surface area contributed by atoms with Crippen LogP contribution < -0.4 is 15.9 Å². The minimum atomic E-state index is -2.15. The van der Waals surface area contributed by atoms with Crippen LogP contribution in [0, 0.1) is 47.4 Å². The third-order valence-electron chi connectivity index (χ3n) is 4.58. The van der Waals surface area contributed by atoms with E-state index in [9.17, 15) is 40.5 Å². The average molecular weight is 456 g/mol. The molecule has 0 N–H and O–H groups in total. The maximum absolute atomic E-state index is 11.9. The molecule has 0 amide bonds. The quantitative estimate of drug-likeness (QED) is 0.295. The van der Waals surface area contributed by atoms with Crippen molar-refractivity contribution >= 4 is 46.6 Å². The van der Waals surface area contributed by atoms with Crippen LogP contribution in [0.4, 0.5) is 22.7 Å². The predicted molar refractivity (Wildman–Crippen MR) is 117 cm³/mol. The average Bonchev–Trinajstić information content (AvgIpc) is 2.74. The highest BCUT2D eigenvalue weighted by atomic mass is 31.1. The third kappa shape index (κ3) is 3.98. The zero-order chi connectivity index (χ0) is 23.6. The van der Waals surface area contributed by atoms with Gasteiger partial charge in [-0.05, 0) is 29.9 Å². The fourth-order valence-corrected chi connectivity index (χ4v) is 6.00. The smallest absolute Gasteiger partial charge is 0.258 e. The Hall–Kier alpha value is -4.31.